The first-order valence-corrected chi connectivity index (χ1v) is 8.39. The zero-order chi connectivity index (χ0) is 18.7. The Labute approximate surface area is 153 Å². The second-order valence-corrected chi connectivity index (χ2v) is 6.24. The van der Waals surface area contributed by atoms with Crippen LogP contribution in [-0.2, 0) is 9.53 Å². The molecule has 1 heterocycles. The lowest BCUT2D eigenvalue weighted by atomic mass is 10.2. The Morgan fingerprint density at radius 3 is 2.23 bits per heavy atom. The summed E-state index contributed by atoms with van der Waals surface area (Å²) in [6.45, 7) is 0. The fourth-order valence-corrected chi connectivity index (χ4v) is 2.88. The summed E-state index contributed by atoms with van der Waals surface area (Å²) in [6, 6.07) is 15.2. The van der Waals surface area contributed by atoms with Crippen LogP contribution >= 0.6 is 0 Å². The first-order chi connectivity index (χ1) is 12.5. The molecule has 0 N–H and O–H groups in total. The Kier molecular flexibility index (Phi) is 5.23. The van der Waals surface area contributed by atoms with E-state index in [1.54, 1.807) is 19.1 Å². The lowest BCUT2D eigenvalue weighted by molar-refractivity contribution is -0.125. The zero-order valence-corrected chi connectivity index (χ0v) is 15.5. The third-order valence-corrected chi connectivity index (χ3v) is 4.36. The standard InChI is InChI=1S/C20H23N3O3/c1-22(2)15-7-5-14(6-8-15)21-19-13-18(26-4)20(24)23(19)16-9-11-17(25-3)12-10-16/h5-12,18H,13H2,1-4H3/t18-/m1/s1. The van der Waals surface area contributed by atoms with Gasteiger partial charge < -0.3 is 14.4 Å². The van der Waals surface area contributed by atoms with Gasteiger partial charge in [-0.15, -0.1) is 0 Å². The molecule has 1 aliphatic heterocycles. The number of rotatable bonds is 5. The van der Waals surface area contributed by atoms with Crippen molar-refractivity contribution in [1.82, 2.24) is 0 Å². The number of nitrogens with zero attached hydrogens (tertiary/aromatic N) is 3. The molecule has 1 amide bonds. The van der Waals surface area contributed by atoms with Gasteiger partial charge in [0.2, 0.25) is 0 Å². The van der Waals surface area contributed by atoms with Gasteiger partial charge in [-0.25, -0.2) is 4.99 Å². The molecule has 6 nitrogen and oxygen atoms in total. The zero-order valence-electron chi connectivity index (χ0n) is 15.5. The number of anilines is 2. The van der Waals surface area contributed by atoms with Crippen LogP contribution < -0.4 is 14.5 Å². The maximum absolute atomic E-state index is 12.7. The molecule has 2 aromatic carbocycles. The maximum atomic E-state index is 12.7. The van der Waals surface area contributed by atoms with Gasteiger partial charge in [-0.1, -0.05) is 0 Å². The second-order valence-electron chi connectivity index (χ2n) is 6.24. The van der Waals surface area contributed by atoms with Crippen molar-refractivity contribution in [3.8, 4) is 5.75 Å². The largest absolute Gasteiger partial charge is 0.497 e. The average Bonchev–Trinajstić information content (AvgIpc) is 2.97. The highest BCUT2D eigenvalue weighted by atomic mass is 16.5. The Balaban J connectivity index is 1.95. The Hall–Kier alpha value is -2.86. The SMILES string of the molecule is COc1ccc(N2C(=O)[C@H](OC)CC2=Nc2ccc(N(C)C)cc2)cc1. The highest BCUT2D eigenvalue weighted by Crippen LogP contribution is 2.29. The number of benzene rings is 2. The summed E-state index contributed by atoms with van der Waals surface area (Å²) in [5.74, 6) is 1.30. The number of aliphatic imine (C=N–C) groups is 1. The van der Waals surface area contributed by atoms with Gasteiger partial charge in [-0.2, -0.15) is 0 Å². The molecule has 0 aromatic heterocycles. The molecule has 1 atom stereocenters. The van der Waals surface area contributed by atoms with E-state index in [4.69, 9.17) is 14.5 Å². The molecule has 3 rings (SSSR count). The van der Waals surface area contributed by atoms with Crippen molar-refractivity contribution in [2.24, 2.45) is 4.99 Å². The smallest absolute Gasteiger partial charge is 0.262 e. The number of carbonyl (C=O) groups is 1. The van der Waals surface area contributed by atoms with E-state index < -0.39 is 6.10 Å². The molecule has 1 aliphatic rings. The quantitative estimate of drug-likeness (QED) is 0.828. The van der Waals surface area contributed by atoms with Crippen LogP contribution in [0.5, 0.6) is 5.75 Å². The molecule has 0 bridgehead atoms. The number of hydrogen-bond donors (Lipinski definition) is 0. The predicted octanol–water partition coefficient (Wildman–Crippen LogP) is 3.24. The Bertz CT molecular complexity index is 798. The minimum absolute atomic E-state index is 0.110. The van der Waals surface area contributed by atoms with Gasteiger partial charge in [0.05, 0.1) is 18.5 Å². The molecule has 1 fully saturated rings. The minimum atomic E-state index is -0.517. The van der Waals surface area contributed by atoms with Crippen molar-refractivity contribution in [3.63, 3.8) is 0 Å². The van der Waals surface area contributed by atoms with Gasteiger partial charge in [0, 0.05) is 33.3 Å². The third-order valence-electron chi connectivity index (χ3n) is 4.36. The number of amidine groups is 1. The molecule has 6 heteroatoms. The van der Waals surface area contributed by atoms with Gasteiger partial charge >= 0.3 is 0 Å². The predicted molar refractivity (Wildman–Crippen MR) is 104 cm³/mol. The molecular formula is C20H23N3O3. The van der Waals surface area contributed by atoms with E-state index in [-0.39, 0.29) is 5.91 Å². The Morgan fingerprint density at radius 2 is 1.69 bits per heavy atom. The summed E-state index contributed by atoms with van der Waals surface area (Å²) >= 11 is 0. The summed E-state index contributed by atoms with van der Waals surface area (Å²) < 4.78 is 10.5. The summed E-state index contributed by atoms with van der Waals surface area (Å²) in [7, 11) is 7.14. The molecule has 0 saturated carbocycles. The molecule has 136 valence electrons. The van der Waals surface area contributed by atoms with Crippen LogP contribution in [0.25, 0.3) is 0 Å². The van der Waals surface area contributed by atoms with E-state index in [0.29, 0.717) is 12.3 Å². The summed E-state index contributed by atoms with van der Waals surface area (Å²) in [5, 5.41) is 0. The van der Waals surface area contributed by atoms with Gasteiger partial charge in [0.1, 0.15) is 17.7 Å². The lowest BCUT2D eigenvalue weighted by Gasteiger charge is -2.18. The fourth-order valence-electron chi connectivity index (χ4n) is 2.88. The van der Waals surface area contributed by atoms with Crippen LogP contribution in [0, 0.1) is 0 Å². The number of hydrogen-bond acceptors (Lipinski definition) is 5. The molecule has 26 heavy (non-hydrogen) atoms. The van der Waals surface area contributed by atoms with Crippen LogP contribution in [0.1, 0.15) is 6.42 Å². The molecule has 1 saturated heterocycles. The first kappa shape index (κ1) is 17.9. The van der Waals surface area contributed by atoms with E-state index in [1.165, 1.54) is 0 Å². The van der Waals surface area contributed by atoms with Crippen molar-refractivity contribution >= 4 is 28.8 Å². The van der Waals surface area contributed by atoms with Gasteiger partial charge in [0.15, 0.2) is 0 Å². The van der Waals surface area contributed by atoms with Gasteiger partial charge in [-0.3, -0.25) is 9.69 Å². The normalized spacial score (nSPS) is 18.5. The highest BCUT2D eigenvalue weighted by Gasteiger charge is 2.38. The number of carbonyl (C=O) groups excluding carboxylic acids is 1. The third kappa shape index (κ3) is 3.55. The van der Waals surface area contributed by atoms with Crippen LogP contribution in [0.15, 0.2) is 53.5 Å². The van der Waals surface area contributed by atoms with Crippen molar-refractivity contribution in [2.45, 2.75) is 12.5 Å². The summed E-state index contributed by atoms with van der Waals surface area (Å²) in [4.78, 5) is 21.1. The van der Waals surface area contributed by atoms with Crippen LogP contribution in [0.4, 0.5) is 17.1 Å². The van der Waals surface area contributed by atoms with E-state index in [0.717, 1.165) is 22.8 Å². The maximum Gasteiger partial charge on any atom is 0.262 e. The van der Waals surface area contributed by atoms with E-state index in [1.807, 2.05) is 67.5 Å². The number of methoxy groups -OCH3 is 2. The molecule has 0 spiro atoms. The topological polar surface area (TPSA) is 54.4 Å². The molecule has 2 aromatic rings. The molecule has 0 unspecified atom stereocenters. The van der Waals surface area contributed by atoms with Crippen LogP contribution in [0.2, 0.25) is 0 Å². The van der Waals surface area contributed by atoms with Crippen molar-refractivity contribution in [2.75, 3.05) is 38.1 Å². The first-order valence-electron chi connectivity index (χ1n) is 8.39. The van der Waals surface area contributed by atoms with Crippen molar-refractivity contribution < 1.29 is 14.3 Å². The van der Waals surface area contributed by atoms with E-state index in [9.17, 15) is 4.79 Å². The molecule has 0 radical (unpaired) electrons. The summed E-state index contributed by atoms with van der Waals surface area (Å²) in [6.07, 6.45) is -0.0755. The summed E-state index contributed by atoms with van der Waals surface area (Å²) in [5.41, 5.74) is 2.64. The molecular weight excluding hydrogens is 330 g/mol. The van der Waals surface area contributed by atoms with E-state index >= 15 is 0 Å². The second kappa shape index (κ2) is 7.58. The Morgan fingerprint density at radius 1 is 1.04 bits per heavy atom. The van der Waals surface area contributed by atoms with Gasteiger partial charge in [0.25, 0.3) is 5.91 Å². The minimum Gasteiger partial charge on any atom is -0.497 e. The highest BCUT2D eigenvalue weighted by molar-refractivity contribution is 6.24. The van der Waals surface area contributed by atoms with Gasteiger partial charge in [-0.05, 0) is 48.5 Å². The van der Waals surface area contributed by atoms with E-state index in [2.05, 4.69) is 0 Å². The fraction of sp³-hybridized carbons (Fsp3) is 0.300. The lowest BCUT2D eigenvalue weighted by Crippen LogP contribution is -2.32. The average molecular weight is 353 g/mol. The number of ether oxygens (including phenoxy) is 2. The van der Waals surface area contributed by atoms with Crippen molar-refractivity contribution in [1.29, 1.82) is 0 Å². The number of amides is 1. The van der Waals surface area contributed by atoms with Crippen LogP contribution in [-0.4, -0.2) is 46.2 Å². The molecule has 0 aliphatic carbocycles. The van der Waals surface area contributed by atoms with Crippen LogP contribution in [0.3, 0.4) is 0 Å². The monoisotopic (exact) mass is 353 g/mol. The van der Waals surface area contributed by atoms with Crippen molar-refractivity contribution in [3.05, 3.63) is 48.5 Å².